The zero-order valence-corrected chi connectivity index (χ0v) is 14.7. The standard InChI is InChI=1S/C21H19N3O3/c25-20(14-27-21(26)19-10-11-22-23-19)24-12-16-8-4-5-9-17(16)18(13-24)15-6-2-1-3-7-15/h1-11,18H,12-14H2,(H,22,23)/t18-/m1/s1. The van der Waals surface area contributed by atoms with E-state index in [-0.39, 0.29) is 24.1 Å². The normalized spacial score (nSPS) is 15.9. The molecule has 1 atom stereocenters. The monoisotopic (exact) mass is 361 g/mol. The number of benzene rings is 2. The van der Waals surface area contributed by atoms with Gasteiger partial charge in [-0.1, -0.05) is 54.6 Å². The Morgan fingerprint density at radius 1 is 1.07 bits per heavy atom. The molecule has 6 nitrogen and oxygen atoms in total. The van der Waals surface area contributed by atoms with Crippen LogP contribution in [0.25, 0.3) is 0 Å². The van der Waals surface area contributed by atoms with Crippen molar-refractivity contribution in [3.05, 3.63) is 89.2 Å². The van der Waals surface area contributed by atoms with E-state index in [0.29, 0.717) is 13.1 Å². The lowest BCUT2D eigenvalue weighted by atomic mass is 9.84. The molecule has 3 aromatic rings. The van der Waals surface area contributed by atoms with Crippen molar-refractivity contribution >= 4 is 11.9 Å². The van der Waals surface area contributed by atoms with Gasteiger partial charge in [-0.3, -0.25) is 9.89 Å². The first-order valence-corrected chi connectivity index (χ1v) is 8.79. The van der Waals surface area contributed by atoms with E-state index in [1.165, 1.54) is 17.8 Å². The lowest BCUT2D eigenvalue weighted by Gasteiger charge is -2.35. The minimum absolute atomic E-state index is 0.100. The molecular formula is C21H19N3O3. The first kappa shape index (κ1) is 17.0. The van der Waals surface area contributed by atoms with Crippen LogP contribution in [0, 0.1) is 0 Å². The molecule has 136 valence electrons. The van der Waals surface area contributed by atoms with Crippen LogP contribution < -0.4 is 0 Å². The molecule has 2 heterocycles. The second kappa shape index (κ2) is 7.45. The Bertz CT molecular complexity index is 938. The summed E-state index contributed by atoms with van der Waals surface area (Å²) in [6.45, 7) is 0.781. The van der Waals surface area contributed by atoms with Gasteiger partial charge in [-0.15, -0.1) is 0 Å². The predicted octanol–water partition coefficient (Wildman–Crippen LogP) is 2.74. The molecule has 0 unspecified atom stereocenters. The van der Waals surface area contributed by atoms with Crippen molar-refractivity contribution in [1.82, 2.24) is 15.1 Å². The van der Waals surface area contributed by atoms with Gasteiger partial charge in [0.25, 0.3) is 5.91 Å². The van der Waals surface area contributed by atoms with Crippen LogP contribution in [0.3, 0.4) is 0 Å². The first-order chi connectivity index (χ1) is 13.2. The summed E-state index contributed by atoms with van der Waals surface area (Å²) in [4.78, 5) is 26.3. The highest BCUT2D eigenvalue weighted by atomic mass is 16.5. The third-order valence-corrected chi connectivity index (χ3v) is 4.80. The molecule has 4 rings (SSSR count). The van der Waals surface area contributed by atoms with E-state index in [1.54, 1.807) is 4.90 Å². The van der Waals surface area contributed by atoms with Gasteiger partial charge in [0, 0.05) is 25.2 Å². The fourth-order valence-electron chi connectivity index (χ4n) is 3.43. The third-order valence-electron chi connectivity index (χ3n) is 4.80. The lowest BCUT2D eigenvalue weighted by Crippen LogP contribution is -2.40. The van der Waals surface area contributed by atoms with Crippen LogP contribution in [0.15, 0.2) is 66.9 Å². The molecular weight excluding hydrogens is 342 g/mol. The van der Waals surface area contributed by atoms with Crippen molar-refractivity contribution in [2.45, 2.75) is 12.5 Å². The van der Waals surface area contributed by atoms with E-state index >= 15 is 0 Å². The topological polar surface area (TPSA) is 75.3 Å². The second-order valence-electron chi connectivity index (χ2n) is 6.48. The van der Waals surface area contributed by atoms with E-state index in [9.17, 15) is 9.59 Å². The van der Waals surface area contributed by atoms with Crippen LogP contribution in [-0.2, 0) is 16.1 Å². The maximum atomic E-state index is 12.7. The average molecular weight is 361 g/mol. The number of ether oxygens (including phenoxy) is 1. The molecule has 0 spiro atoms. The number of amides is 1. The van der Waals surface area contributed by atoms with Crippen LogP contribution in [0.2, 0.25) is 0 Å². The summed E-state index contributed by atoms with van der Waals surface area (Å²) >= 11 is 0. The van der Waals surface area contributed by atoms with Crippen LogP contribution in [0.1, 0.15) is 33.1 Å². The van der Waals surface area contributed by atoms with Crippen molar-refractivity contribution < 1.29 is 14.3 Å². The number of hydrogen-bond donors (Lipinski definition) is 1. The number of nitrogens with one attached hydrogen (secondary N) is 1. The largest absolute Gasteiger partial charge is 0.451 e. The molecule has 2 aromatic carbocycles. The van der Waals surface area contributed by atoms with Gasteiger partial charge >= 0.3 is 5.97 Å². The Morgan fingerprint density at radius 2 is 1.85 bits per heavy atom. The molecule has 1 aliphatic heterocycles. The number of hydrogen-bond acceptors (Lipinski definition) is 4. The predicted molar refractivity (Wildman–Crippen MR) is 99.0 cm³/mol. The molecule has 0 aliphatic carbocycles. The van der Waals surface area contributed by atoms with Gasteiger partial charge in [-0.05, 0) is 22.8 Å². The van der Waals surface area contributed by atoms with Gasteiger partial charge in [0.2, 0.25) is 0 Å². The van der Waals surface area contributed by atoms with E-state index in [4.69, 9.17) is 4.74 Å². The van der Waals surface area contributed by atoms with Crippen molar-refractivity contribution in [2.75, 3.05) is 13.2 Å². The third kappa shape index (κ3) is 3.60. The quantitative estimate of drug-likeness (QED) is 0.725. The summed E-state index contributed by atoms with van der Waals surface area (Å²) in [6, 6.07) is 19.8. The van der Waals surface area contributed by atoms with Gasteiger partial charge in [0.05, 0.1) is 0 Å². The molecule has 0 radical (unpaired) electrons. The summed E-state index contributed by atoms with van der Waals surface area (Å²) < 4.78 is 5.13. The molecule has 1 amide bonds. The van der Waals surface area contributed by atoms with E-state index < -0.39 is 5.97 Å². The van der Waals surface area contributed by atoms with Crippen LogP contribution in [-0.4, -0.2) is 40.1 Å². The lowest BCUT2D eigenvalue weighted by molar-refractivity contribution is -0.135. The minimum atomic E-state index is -0.585. The van der Waals surface area contributed by atoms with Crippen LogP contribution in [0.4, 0.5) is 0 Å². The summed E-state index contributed by atoms with van der Waals surface area (Å²) in [5, 5.41) is 6.24. The first-order valence-electron chi connectivity index (χ1n) is 8.79. The maximum Gasteiger partial charge on any atom is 0.356 e. The van der Waals surface area contributed by atoms with Crippen LogP contribution >= 0.6 is 0 Å². The minimum Gasteiger partial charge on any atom is -0.451 e. The van der Waals surface area contributed by atoms with Gasteiger partial charge in [0.1, 0.15) is 5.69 Å². The Morgan fingerprint density at radius 3 is 2.63 bits per heavy atom. The highest BCUT2D eigenvalue weighted by Gasteiger charge is 2.29. The number of esters is 1. The van der Waals surface area contributed by atoms with Crippen molar-refractivity contribution in [2.24, 2.45) is 0 Å². The SMILES string of the molecule is O=C(OCC(=O)N1Cc2ccccc2[C@@H](c2ccccc2)C1)c1ccn[nH]1. The highest BCUT2D eigenvalue weighted by molar-refractivity contribution is 5.89. The van der Waals surface area contributed by atoms with Crippen LogP contribution in [0.5, 0.6) is 0 Å². The number of rotatable bonds is 4. The number of carbonyl (C=O) groups is 2. The highest BCUT2D eigenvalue weighted by Crippen LogP contribution is 2.33. The number of aromatic amines is 1. The molecule has 0 saturated heterocycles. The summed E-state index contributed by atoms with van der Waals surface area (Å²) in [7, 11) is 0. The van der Waals surface area contributed by atoms with Crippen molar-refractivity contribution in [1.29, 1.82) is 0 Å². The maximum absolute atomic E-state index is 12.7. The van der Waals surface area contributed by atoms with E-state index in [0.717, 1.165) is 11.1 Å². The number of carbonyl (C=O) groups excluding carboxylic acids is 2. The summed E-state index contributed by atoms with van der Waals surface area (Å²) in [5.74, 6) is -0.695. The van der Waals surface area contributed by atoms with Gasteiger partial charge < -0.3 is 9.64 Å². The van der Waals surface area contributed by atoms with E-state index in [1.807, 2.05) is 36.4 Å². The Labute approximate surface area is 156 Å². The van der Waals surface area contributed by atoms with Gasteiger partial charge in [0.15, 0.2) is 6.61 Å². The summed E-state index contributed by atoms with van der Waals surface area (Å²) in [5.41, 5.74) is 3.75. The number of nitrogens with zero attached hydrogens (tertiary/aromatic N) is 2. The average Bonchev–Trinajstić information content (AvgIpc) is 3.26. The Hall–Kier alpha value is -3.41. The smallest absolute Gasteiger partial charge is 0.356 e. The molecule has 1 aliphatic rings. The number of H-pyrrole nitrogens is 1. The second-order valence-corrected chi connectivity index (χ2v) is 6.48. The molecule has 1 aromatic heterocycles. The molecule has 6 heteroatoms. The number of aromatic nitrogens is 2. The molecule has 0 fully saturated rings. The Balaban J connectivity index is 1.50. The zero-order chi connectivity index (χ0) is 18.6. The number of fused-ring (bicyclic) bond motifs is 1. The zero-order valence-electron chi connectivity index (χ0n) is 14.7. The molecule has 1 N–H and O–H groups in total. The Kier molecular flexibility index (Phi) is 4.70. The van der Waals surface area contributed by atoms with Crippen molar-refractivity contribution in [3.63, 3.8) is 0 Å². The van der Waals surface area contributed by atoms with Gasteiger partial charge in [-0.2, -0.15) is 5.10 Å². The fourth-order valence-corrected chi connectivity index (χ4v) is 3.43. The van der Waals surface area contributed by atoms with Crippen molar-refractivity contribution in [3.8, 4) is 0 Å². The summed E-state index contributed by atoms with van der Waals surface area (Å²) in [6.07, 6.45) is 1.46. The van der Waals surface area contributed by atoms with E-state index in [2.05, 4.69) is 28.4 Å². The molecule has 0 bridgehead atoms. The molecule has 27 heavy (non-hydrogen) atoms. The van der Waals surface area contributed by atoms with Gasteiger partial charge in [-0.25, -0.2) is 4.79 Å². The fraction of sp³-hybridized carbons (Fsp3) is 0.190. The molecule has 0 saturated carbocycles.